The van der Waals surface area contributed by atoms with Gasteiger partial charge in [-0.1, -0.05) is 65.8 Å². The van der Waals surface area contributed by atoms with Crippen LogP contribution in [0.5, 0.6) is 0 Å². The molecule has 0 saturated heterocycles. The highest BCUT2D eigenvalue weighted by atomic mass is 35.5. The fourth-order valence-electron chi connectivity index (χ4n) is 3.15. The number of aromatic nitrogens is 3. The van der Waals surface area contributed by atoms with Crippen molar-refractivity contribution in [3.8, 4) is 11.4 Å². The molecule has 168 valence electrons. The van der Waals surface area contributed by atoms with E-state index >= 15 is 0 Å². The lowest BCUT2D eigenvalue weighted by molar-refractivity contribution is -0.115. The second-order valence-corrected chi connectivity index (χ2v) is 9.77. The third-order valence-electron chi connectivity index (χ3n) is 4.83. The lowest BCUT2D eigenvalue weighted by Crippen LogP contribution is -2.24. The van der Waals surface area contributed by atoms with Crippen LogP contribution in [0.4, 0.5) is 5.00 Å². The lowest BCUT2D eigenvalue weighted by Gasteiger charge is -2.14. The molecule has 0 aliphatic heterocycles. The quantitative estimate of drug-likeness (QED) is 0.336. The van der Waals surface area contributed by atoms with Crippen molar-refractivity contribution in [3.05, 3.63) is 82.2 Å². The Morgan fingerprint density at radius 2 is 1.85 bits per heavy atom. The van der Waals surface area contributed by atoms with Crippen LogP contribution < -0.4 is 11.1 Å². The molecule has 0 aliphatic rings. The highest BCUT2D eigenvalue weighted by Crippen LogP contribution is 2.32. The normalized spacial score (nSPS) is 11.8. The Morgan fingerprint density at radius 1 is 1.12 bits per heavy atom. The number of carbonyl (C=O) groups excluding carboxylic acids is 2. The summed E-state index contributed by atoms with van der Waals surface area (Å²) in [6.07, 6.45) is 0. The lowest BCUT2D eigenvalue weighted by atomic mass is 10.2. The summed E-state index contributed by atoms with van der Waals surface area (Å²) in [7, 11) is 0. The van der Waals surface area contributed by atoms with Gasteiger partial charge in [0.15, 0.2) is 11.0 Å². The van der Waals surface area contributed by atoms with Crippen molar-refractivity contribution in [2.24, 2.45) is 5.73 Å². The van der Waals surface area contributed by atoms with E-state index in [0.717, 1.165) is 11.1 Å². The summed E-state index contributed by atoms with van der Waals surface area (Å²) in [4.78, 5) is 24.4. The minimum atomic E-state index is -0.584. The van der Waals surface area contributed by atoms with E-state index in [4.69, 9.17) is 17.3 Å². The standard InChI is InChI=1S/C23H20ClN5O2S2/c1-14(21(31)26-22-17(19(25)30)11-12-32-22)33-23-28-27-20(16-9-5-6-10-18(16)24)29(23)13-15-7-3-2-4-8-15/h2-12,14H,13H2,1H3,(H2,25,30)(H,26,31). The van der Waals surface area contributed by atoms with Crippen LogP contribution in [-0.2, 0) is 11.3 Å². The van der Waals surface area contributed by atoms with E-state index in [1.165, 1.54) is 23.1 Å². The van der Waals surface area contributed by atoms with Crippen molar-refractivity contribution in [2.45, 2.75) is 23.9 Å². The summed E-state index contributed by atoms with van der Waals surface area (Å²) < 4.78 is 1.95. The number of carbonyl (C=O) groups is 2. The van der Waals surface area contributed by atoms with Gasteiger partial charge < -0.3 is 11.1 Å². The monoisotopic (exact) mass is 497 g/mol. The molecule has 7 nitrogen and oxygen atoms in total. The first-order valence-corrected chi connectivity index (χ1v) is 12.1. The maximum Gasteiger partial charge on any atom is 0.251 e. The second kappa shape index (κ2) is 10.2. The largest absolute Gasteiger partial charge is 0.366 e. The first kappa shape index (κ1) is 23.0. The van der Waals surface area contributed by atoms with Crippen LogP contribution in [0.25, 0.3) is 11.4 Å². The first-order chi connectivity index (χ1) is 15.9. The van der Waals surface area contributed by atoms with E-state index in [1.807, 2.05) is 53.1 Å². The number of anilines is 1. The Balaban J connectivity index is 1.61. The maximum absolute atomic E-state index is 12.8. The average Bonchev–Trinajstić information content (AvgIpc) is 3.42. The van der Waals surface area contributed by atoms with E-state index in [0.29, 0.717) is 33.1 Å². The molecule has 2 aromatic carbocycles. The van der Waals surface area contributed by atoms with Gasteiger partial charge in [-0.15, -0.1) is 21.5 Å². The molecule has 0 saturated carbocycles. The van der Waals surface area contributed by atoms with Crippen molar-refractivity contribution >= 4 is 51.5 Å². The van der Waals surface area contributed by atoms with Crippen molar-refractivity contribution in [3.63, 3.8) is 0 Å². The van der Waals surface area contributed by atoms with Gasteiger partial charge in [0.1, 0.15) is 5.00 Å². The van der Waals surface area contributed by atoms with Crippen LogP contribution >= 0.6 is 34.7 Å². The molecule has 4 rings (SSSR count). The van der Waals surface area contributed by atoms with Gasteiger partial charge in [-0.2, -0.15) is 0 Å². The third-order valence-corrected chi connectivity index (χ3v) is 7.07. The van der Waals surface area contributed by atoms with Crippen LogP contribution in [0.15, 0.2) is 71.2 Å². The number of primary amides is 1. The molecule has 0 fully saturated rings. The Labute approximate surface area is 204 Å². The Kier molecular flexibility index (Phi) is 7.12. The van der Waals surface area contributed by atoms with Gasteiger partial charge in [0.05, 0.1) is 22.4 Å². The van der Waals surface area contributed by atoms with Crippen LogP contribution in [0.3, 0.4) is 0 Å². The second-order valence-electron chi connectivity index (χ2n) is 7.13. The number of rotatable bonds is 8. The molecule has 0 spiro atoms. The highest BCUT2D eigenvalue weighted by molar-refractivity contribution is 8.00. The zero-order valence-electron chi connectivity index (χ0n) is 17.6. The summed E-state index contributed by atoms with van der Waals surface area (Å²) in [5.74, 6) is -0.230. The van der Waals surface area contributed by atoms with Gasteiger partial charge in [-0.25, -0.2) is 0 Å². The first-order valence-electron chi connectivity index (χ1n) is 10.0. The molecule has 0 radical (unpaired) electrons. The summed E-state index contributed by atoms with van der Waals surface area (Å²) in [5, 5.41) is 14.3. The zero-order valence-corrected chi connectivity index (χ0v) is 20.0. The van der Waals surface area contributed by atoms with Gasteiger partial charge >= 0.3 is 0 Å². The van der Waals surface area contributed by atoms with Crippen LogP contribution in [0.1, 0.15) is 22.8 Å². The smallest absolute Gasteiger partial charge is 0.251 e. The molecule has 33 heavy (non-hydrogen) atoms. The summed E-state index contributed by atoms with van der Waals surface area (Å²) in [6.45, 7) is 2.29. The molecule has 10 heteroatoms. The average molecular weight is 498 g/mol. The fraction of sp³-hybridized carbons (Fsp3) is 0.130. The number of nitrogens with zero attached hydrogens (tertiary/aromatic N) is 3. The van der Waals surface area contributed by atoms with Gasteiger partial charge in [-0.3, -0.25) is 14.2 Å². The predicted octanol–water partition coefficient (Wildman–Crippen LogP) is 4.93. The molecular weight excluding hydrogens is 478 g/mol. The SMILES string of the molecule is CC(Sc1nnc(-c2ccccc2Cl)n1Cc1ccccc1)C(=O)Nc1sccc1C(N)=O. The Bertz CT molecular complexity index is 1290. The Morgan fingerprint density at radius 3 is 2.58 bits per heavy atom. The number of thiophene rings is 1. The van der Waals surface area contributed by atoms with Crippen molar-refractivity contribution in [1.29, 1.82) is 0 Å². The topological polar surface area (TPSA) is 103 Å². The molecule has 0 aliphatic carbocycles. The third kappa shape index (κ3) is 5.27. The minimum absolute atomic E-state index is 0.265. The molecule has 1 atom stereocenters. The predicted molar refractivity (Wildman–Crippen MR) is 133 cm³/mol. The molecular formula is C23H20ClN5O2S2. The van der Waals surface area contributed by atoms with E-state index in [9.17, 15) is 9.59 Å². The van der Waals surface area contributed by atoms with Crippen molar-refractivity contribution in [2.75, 3.05) is 5.32 Å². The zero-order chi connectivity index (χ0) is 23.4. The minimum Gasteiger partial charge on any atom is -0.366 e. The van der Waals surface area contributed by atoms with Gasteiger partial charge in [-0.05, 0) is 36.1 Å². The van der Waals surface area contributed by atoms with Crippen molar-refractivity contribution in [1.82, 2.24) is 14.8 Å². The van der Waals surface area contributed by atoms with Gasteiger partial charge in [0.25, 0.3) is 5.91 Å². The number of hydrogen-bond acceptors (Lipinski definition) is 6. The van der Waals surface area contributed by atoms with Crippen LogP contribution in [0, 0.1) is 0 Å². The van der Waals surface area contributed by atoms with E-state index in [-0.39, 0.29) is 5.91 Å². The molecule has 3 N–H and O–H groups in total. The Hall–Kier alpha value is -3.14. The molecule has 1 unspecified atom stereocenters. The molecule has 2 heterocycles. The van der Waals surface area contributed by atoms with Crippen molar-refractivity contribution < 1.29 is 9.59 Å². The van der Waals surface area contributed by atoms with Gasteiger partial charge in [0, 0.05) is 5.56 Å². The molecule has 2 aromatic heterocycles. The molecule has 4 aromatic rings. The van der Waals surface area contributed by atoms with E-state index < -0.39 is 11.2 Å². The number of halogens is 1. The highest BCUT2D eigenvalue weighted by Gasteiger charge is 2.23. The fourth-order valence-corrected chi connectivity index (χ4v) is 5.02. The number of amides is 2. The summed E-state index contributed by atoms with van der Waals surface area (Å²) in [5.41, 5.74) is 7.49. The number of nitrogens with two attached hydrogens (primary N) is 1. The number of hydrogen-bond donors (Lipinski definition) is 2. The van der Waals surface area contributed by atoms with Crippen LogP contribution in [0.2, 0.25) is 5.02 Å². The summed E-state index contributed by atoms with van der Waals surface area (Å²) >= 11 is 8.96. The number of nitrogens with one attached hydrogen (secondary N) is 1. The molecule has 0 bridgehead atoms. The summed E-state index contributed by atoms with van der Waals surface area (Å²) in [6, 6.07) is 19.0. The van der Waals surface area contributed by atoms with Crippen LogP contribution in [-0.4, -0.2) is 31.8 Å². The van der Waals surface area contributed by atoms with E-state index in [2.05, 4.69) is 15.5 Å². The number of thioether (sulfide) groups is 1. The molecule has 2 amide bonds. The maximum atomic E-state index is 12.8. The van der Waals surface area contributed by atoms with Gasteiger partial charge in [0.2, 0.25) is 5.91 Å². The van der Waals surface area contributed by atoms with E-state index in [1.54, 1.807) is 24.4 Å². The number of benzene rings is 2.